The Hall–Kier alpha value is -4.07. The molecule has 260 valence electrons. The second-order valence-electron chi connectivity index (χ2n) is 14.1. The smallest absolute Gasteiger partial charge is 0.410 e. The maximum Gasteiger partial charge on any atom is 0.410 e. The molecule has 0 N–H and O–H groups in total. The number of nitrogens with zero attached hydrogens (tertiary/aromatic N) is 4. The van der Waals surface area contributed by atoms with E-state index in [4.69, 9.17) is 14.0 Å². The van der Waals surface area contributed by atoms with E-state index in [9.17, 15) is 31.5 Å². The van der Waals surface area contributed by atoms with Crippen LogP contribution in [0.2, 0.25) is 0 Å². The normalized spacial score (nSPS) is 26.1. The SMILES string of the molecule is O=C([C@@H]1CC[C@@]2(CCO2)CN1C(=O)OCC1c2ccccc2-c2ccccc21)N1CCC(c2noc(C3CC(F)(F)C3)n2)(C(F)(F)F)CC1. The van der Waals surface area contributed by atoms with E-state index in [0.717, 1.165) is 28.7 Å². The number of fused-ring (bicyclic) bond motifs is 3. The number of ether oxygens (including phenoxy) is 2. The summed E-state index contributed by atoms with van der Waals surface area (Å²) in [7, 11) is 0. The number of halogens is 5. The second kappa shape index (κ2) is 11.5. The van der Waals surface area contributed by atoms with Gasteiger partial charge in [0, 0.05) is 44.2 Å². The van der Waals surface area contributed by atoms with E-state index in [1.54, 1.807) is 0 Å². The number of piperidine rings is 2. The van der Waals surface area contributed by atoms with Gasteiger partial charge in [0.1, 0.15) is 18.1 Å². The molecule has 5 aliphatic rings. The van der Waals surface area contributed by atoms with Crippen molar-refractivity contribution in [3.05, 3.63) is 71.4 Å². The molecule has 2 atom stereocenters. The molecule has 1 aromatic heterocycles. The number of likely N-dealkylation sites (tertiary alicyclic amines) is 2. The second-order valence-corrected chi connectivity index (χ2v) is 14.1. The summed E-state index contributed by atoms with van der Waals surface area (Å²) in [6, 6.07) is 15.0. The lowest BCUT2D eigenvalue weighted by Gasteiger charge is -2.51. The molecule has 14 heteroatoms. The standard InChI is InChI=1S/C35H35F5N4O5/c36-34(37)17-21(18-34)28-41-30(42-49-28)33(35(38,39)40)11-14-43(15-12-33)29(45)27-9-10-32(13-16-48-32)20-44(27)31(46)47-19-26-24-7-3-1-5-22(24)23-6-2-4-8-25(23)26/h1-8,21,26-27H,9-20H2/t27-,32+/m0/s1. The molecule has 9 nitrogen and oxygen atoms in total. The molecule has 3 saturated heterocycles. The van der Waals surface area contributed by atoms with Gasteiger partial charge in [0.2, 0.25) is 17.7 Å². The Labute approximate surface area is 278 Å². The Morgan fingerprint density at radius 2 is 1.57 bits per heavy atom. The van der Waals surface area contributed by atoms with E-state index >= 15 is 0 Å². The van der Waals surface area contributed by atoms with Crippen LogP contribution in [-0.4, -0.2) is 88.5 Å². The van der Waals surface area contributed by atoms with Gasteiger partial charge in [-0.25, -0.2) is 13.6 Å². The monoisotopic (exact) mass is 686 g/mol. The maximum atomic E-state index is 14.7. The summed E-state index contributed by atoms with van der Waals surface area (Å²) in [5, 5.41) is 3.60. The molecule has 0 radical (unpaired) electrons. The first-order chi connectivity index (χ1) is 23.4. The number of alkyl halides is 5. The third-order valence-electron chi connectivity index (χ3n) is 11.3. The van der Waals surface area contributed by atoms with Crippen molar-refractivity contribution in [2.45, 2.75) is 85.9 Å². The van der Waals surface area contributed by atoms with Crippen molar-refractivity contribution in [2.24, 2.45) is 0 Å². The summed E-state index contributed by atoms with van der Waals surface area (Å²) in [5.74, 6) is -5.15. The predicted molar refractivity (Wildman–Crippen MR) is 163 cm³/mol. The Morgan fingerprint density at radius 3 is 2.14 bits per heavy atom. The van der Waals surface area contributed by atoms with Crippen LogP contribution in [0.5, 0.6) is 0 Å². The molecular weight excluding hydrogens is 651 g/mol. The first-order valence-corrected chi connectivity index (χ1v) is 16.7. The van der Waals surface area contributed by atoms with Crippen LogP contribution >= 0.6 is 0 Å². The predicted octanol–water partition coefficient (Wildman–Crippen LogP) is 6.58. The van der Waals surface area contributed by atoms with Crippen molar-refractivity contribution in [1.29, 1.82) is 0 Å². The van der Waals surface area contributed by atoms with E-state index < -0.39 is 78.6 Å². The Morgan fingerprint density at radius 1 is 0.939 bits per heavy atom. The fourth-order valence-electron chi connectivity index (χ4n) is 8.28. The van der Waals surface area contributed by atoms with Crippen LogP contribution in [0, 0.1) is 0 Å². The summed E-state index contributed by atoms with van der Waals surface area (Å²) in [6.07, 6.45) is -6.08. The number of hydrogen-bond donors (Lipinski definition) is 0. The molecule has 4 fully saturated rings. The van der Waals surface area contributed by atoms with Gasteiger partial charge in [-0.15, -0.1) is 0 Å². The molecule has 49 heavy (non-hydrogen) atoms. The molecule has 1 saturated carbocycles. The van der Waals surface area contributed by atoms with Crippen LogP contribution in [0.1, 0.15) is 79.6 Å². The summed E-state index contributed by atoms with van der Waals surface area (Å²) in [4.78, 5) is 34.5. The fraction of sp³-hybridized carbons (Fsp3) is 0.543. The Kier molecular flexibility index (Phi) is 7.54. The lowest BCUT2D eigenvalue weighted by Crippen LogP contribution is -2.64. The van der Waals surface area contributed by atoms with Gasteiger partial charge in [-0.2, -0.15) is 18.2 Å². The van der Waals surface area contributed by atoms with E-state index in [1.807, 2.05) is 48.5 Å². The average Bonchev–Trinajstić information content (AvgIpc) is 3.68. The van der Waals surface area contributed by atoms with Gasteiger partial charge in [0.25, 0.3) is 0 Å². The number of hydrogen-bond acceptors (Lipinski definition) is 7. The molecule has 0 unspecified atom stereocenters. The largest absolute Gasteiger partial charge is 0.448 e. The summed E-state index contributed by atoms with van der Waals surface area (Å²) < 4.78 is 87.6. The molecule has 1 spiro atoms. The topological polar surface area (TPSA) is 98.0 Å². The van der Waals surface area contributed by atoms with Crippen LogP contribution in [0.3, 0.4) is 0 Å². The minimum Gasteiger partial charge on any atom is -0.448 e. The lowest BCUT2D eigenvalue weighted by molar-refractivity contribution is -0.207. The first kappa shape index (κ1) is 32.2. The van der Waals surface area contributed by atoms with Gasteiger partial charge in [0.15, 0.2) is 5.82 Å². The molecule has 4 heterocycles. The Bertz CT molecular complexity index is 1710. The molecule has 0 bridgehead atoms. The summed E-state index contributed by atoms with van der Waals surface area (Å²) in [6.45, 7) is 0.220. The average molecular weight is 687 g/mol. The van der Waals surface area contributed by atoms with Crippen molar-refractivity contribution in [1.82, 2.24) is 19.9 Å². The van der Waals surface area contributed by atoms with Crippen LogP contribution < -0.4 is 0 Å². The van der Waals surface area contributed by atoms with Gasteiger partial charge >= 0.3 is 12.3 Å². The van der Waals surface area contributed by atoms with E-state index in [1.165, 1.54) is 9.80 Å². The van der Waals surface area contributed by atoms with E-state index in [2.05, 4.69) is 10.1 Å². The zero-order valence-corrected chi connectivity index (χ0v) is 26.6. The van der Waals surface area contributed by atoms with Crippen molar-refractivity contribution in [2.75, 3.05) is 32.8 Å². The number of aromatic nitrogens is 2. The van der Waals surface area contributed by atoms with E-state index in [-0.39, 0.29) is 44.5 Å². The molecular formula is C35H35F5N4O5. The van der Waals surface area contributed by atoms with Crippen molar-refractivity contribution < 1.29 is 45.5 Å². The van der Waals surface area contributed by atoms with Crippen molar-refractivity contribution >= 4 is 12.0 Å². The highest BCUT2D eigenvalue weighted by molar-refractivity contribution is 5.86. The third kappa shape index (κ3) is 5.37. The van der Waals surface area contributed by atoms with Gasteiger partial charge in [-0.1, -0.05) is 53.7 Å². The molecule has 3 aromatic rings. The molecule has 8 rings (SSSR count). The van der Waals surface area contributed by atoms with Crippen molar-refractivity contribution in [3.63, 3.8) is 0 Å². The molecule has 2 aromatic carbocycles. The van der Waals surface area contributed by atoms with Crippen LogP contribution in [-0.2, 0) is 19.7 Å². The lowest BCUT2D eigenvalue weighted by atomic mass is 9.76. The number of rotatable bonds is 5. The van der Waals surface area contributed by atoms with E-state index in [0.29, 0.717) is 13.0 Å². The quantitative estimate of drug-likeness (QED) is 0.280. The third-order valence-corrected chi connectivity index (χ3v) is 11.3. The minimum atomic E-state index is -4.78. The number of amides is 2. The molecule has 2 aliphatic carbocycles. The van der Waals surface area contributed by atoms with Crippen LogP contribution in [0.15, 0.2) is 53.1 Å². The zero-order chi connectivity index (χ0) is 34.2. The highest BCUT2D eigenvalue weighted by Gasteiger charge is 2.61. The first-order valence-electron chi connectivity index (χ1n) is 16.7. The summed E-state index contributed by atoms with van der Waals surface area (Å²) >= 11 is 0. The molecule has 3 aliphatic heterocycles. The van der Waals surface area contributed by atoms with Crippen molar-refractivity contribution in [3.8, 4) is 11.1 Å². The van der Waals surface area contributed by atoms with Crippen LogP contribution in [0.4, 0.5) is 26.7 Å². The molecule has 2 amide bonds. The summed E-state index contributed by atoms with van der Waals surface area (Å²) in [5.41, 5.74) is 1.17. The maximum absolute atomic E-state index is 14.7. The number of carbonyl (C=O) groups is 2. The number of benzene rings is 2. The van der Waals surface area contributed by atoms with Crippen LogP contribution in [0.25, 0.3) is 11.1 Å². The Balaban J connectivity index is 0.975. The fourth-order valence-corrected chi connectivity index (χ4v) is 8.28. The number of carbonyl (C=O) groups excluding carboxylic acids is 2. The van der Waals surface area contributed by atoms with Gasteiger partial charge in [-0.05, 0) is 47.9 Å². The highest BCUT2D eigenvalue weighted by atomic mass is 19.4. The highest BCUT2D eigenvalue weighted by Crippen LogP contribution is 2.51. The minimum absolute atomic E-state index is 0.0567. The van der Waals surface area contributed by atoms with Gasteiger partial charge < -0.3 is 18.9 Å². The van der Waals surface area contributed by atoms with Gasteiger partial charge in [0.05, 0.1) is 18.8 Å². The van der Waals surface area contributed by atoms with Gasteiger partial charge in [-0.3, -0.25) is 9.69 Å². The zero-order valence-electron chi connectivity index (χ0n) is 26.6.